The molecule has 1 amide bonds. The number of cyclic esters (lactones) is 1. The van der Waals surface area contributed by atoms with Crippen LogP contribution in [-0.4, -0.2) is 32.5 Å². The van der Waals surface area contributed by atoms with E-state index >= 15 is 0 Å². The fourth-order valence-corrected chi connectivity index (χ4v) is 4.52. The molecule has 0 bridgehead atoms. The lowest BCUT2D eigenvalue weighted by Crippen LogP contribution is -2.46. The lowest BCUT2D eigenvalue weighted by Gasteiger charge is -2.32. The van der Waals surface area contributed by atoms with Crippen molar-refractivity contribution in [1.82, 2.24) is 4.31 Å². The molecule has 1 aliphatic heterocycles. The number of carbonyl (C=O) groups is 1. The van der Waals surface area contributed by atoms with Gasteiger partial charge in [0.1, 0.15) is 17.9 Å². The summed E-state index contributed by atoms with van der Waals surface area (Å²) in [4.78, 5) is 12.4. The number of ether oxygens (including phenoxy) is 2. The Labute approximate surface area is 152 Å². The summed E-state index contributed by atoms with van der Waals surface area (Å²) in [5.74, 6) is 0.617. The minimum atomic E-state index is -4.13. The highest BCUT2D eigenvalue weighted by molar-refractivity contribution is 7.89. The molecule has 7 heteroatoms. The van der Waals surface area contributed by atoms with Crippen LogP contribution in [0.4, 0.5) is 4.79 Å². The first-order valence-electron chi connectivity index (χ1n) is 7.92. The van der Waals surface area contributed by atoms with Gasteiger partial charge in [0.2, 0.25) is 0 Å². The first-order chi connectivity index (χ1) is 12.3. The second-order valence-corrected chi connectivity index (χ2v) is 7.78. The van der Waals surface area contributed by atoms with Crippen LogP contribution in [0.5, 0.6) is 5.75 Å². The van der Waals surface area contributed by atoms with Gasteiger partial charge < -0.3 is 9.47 Å². The van der Waals surface area contributed by atoms with Crippen LogP contribution < -0.4 is 4.74 Å². The molecule has 0 aromatic heterocycles. The van der Waals surface area contributed by atoms with E-state index in [4.69, 9.17) is 9.47 Å². The minimum Gasteiger partial charge on any atom is -0.497 e. The predicted octanol–water partition coefficient (Wildman–Crippen LogP) is 3.23. The Bertz CT molecular complexity index is 935. The summed E-state index contributed by atoms with van der Waals surface area (Å²) in [7, 11) is -2.60. The number of methoxy groups -OCH3 is 1. The van der Waals surface area contributed by atoms with E-state index in [1.807, 2.05) is 6.92 Å². The second-order valence-electron chi connectivity index (χ2n) is 5.99. The molecule has 1 saturated heterocycles. The molecule has 1 aliphatic rings. The third-order valence-corrected chi connectivity index (χ3v) is 6.25. The summed E-state index contributed by atoms with van der Waals surface area (Å²) in [6, 6.07) is 13.1. The van der Waals surface area contributed by atoms with Crippen molar-refractivity contribution in [3.05, 3.63) is 72.3 Å². The van der Waals surface area contributed by atoms with Gasteiger partial charge in [-0.3, -0.25) is 0 Å². The molecule has 6 nitrogen and oxygen atoms in total. The SMILES string of the molecule is C=CC1(c2ccc(OC)cc2)COC(=O)N1S(=O)(=O)c1ccc(C)cc1. The van der Waals surface area contributed by atoms with Gasteiger partial charge in [-0.1, -0.05) is 35.9 Å². The topological polar surface area (TPSA) is 72.9 Å². The van der Waals surface area contributed by atoms with E-state index in [2.05, 4.69) is 6.58 Å². The van der Waals surface area contributed by atoms with E-state index in [1.165, 1.54) is 25.3 Å². The minimum absolute atomic E-state index is 0.0155. The Morgan fingerprint density at radius 1 is 1.15 bits per heavy atom. The number of aryl methyl sites for hydroxylation is 1. The normalized spacial score (nSPS) is 19.9. The third kappa shape index (κ3) is 2.74. The summed E-state index contributed by atoms with van der Waals surface area (Å²) >= 11 is 0. The Hall–Kier alpha value is -2.80. The molecule has 1 atom stereocenters. The van der Waals surface area contributed by atoms with E-state index in [9.17, 15) is 13.2 Å². The first kappa shape index (κ1) is 18.0. The second kappa shape index (κ2) is 6.49. The van der Waals surface area contributed by atoms with Crippen molar-refractivity contribution in [2.24, 2.45) is 0 Å². The van der Waals surface area contributed by atoms with Crippen LogP contribution in [0, 0.1) is 6.92 Å². The zero-order valence-electron chi connectivity index (χ0n) is 14.5. The number of benzene rings is 2. The summed E-state index contributed by atoms with van der Waals surface area (Å²) in [6.45, 7) is 5.48. The van der Waals surface area contributed by atoms with Gasteiger partial charge in [-0.15, -0.1) is 6.58 Å². The van der Waals surface area contributed by atoms with Crippen molar-refractivity contribution in [3.8, 4) is 5.75 Å². The largest absolute Gasteiger partial charge is 0.497 e. The van der Waals surface area contributed by atoms with E-state index in [0.29, 0.717) is 11.3 Å². The van der Waals surface area contributed by atoms with E-state index < -0.39 is 21.7 Å². The van der Waals surface area contributed by atoms with Gasteiger partial charge >= 0.3 is 6.09 Å². The fourth-order valence-electron chi connectivity index (χ4n) is 2.92. The highest BCUT2D eigenvalue weighted by Crippen LogP contribution is 2.40. The quantitative estimate of drug-likeness (QED) is 0.753. The average molecular weight is 373 g/mol. The zero-order valence-corrected chi connectivity index (χ0v) is 15.3. The number of carbonyl (C=O) groups excluding carboxylic acids is 1. The molecule has 0 saturated carbocycles. The Kier molecular flexibility index (Phi) is 4.50. The Morgan fingerprint density at radius 2 is 1.77 bits per heavy atom. The number of rotatable bonds is 5. The Morgan fingerprint density at radius 3 is 2.31 bits per heavy atom. The predicted molar refractivity (Wildman–Crippen MR) is 96.4 cm³/mol. The molecule has 136 valence electrons. The van der Waals surface area contributed by atoms with Crippen LogP contribution in [0.2, 0.25) is 0 Å². The van der Waals surface area contributed by atoms with E-state index in [0.717, 1.165) is 9.87 Å². The van der Waals surface area contributed by atoms with Crippen molar-refractivity contribution < 1.29 is 22.7 Å². The molecular formula is C19H19NO5S. The fraction of sp³-hybridized carbons (Fsp3) is 0.211. The summed E-state index contributed by atoms with van der Waals surface area (Å²) in [5.41, 5.74) is 0.153. The van der Waals surface area contributed by atoms with E-state index in [-0.39, 0.29) is 11.5 Å². The lowest BCUT2D eigenvalue weighted by molar-refractivity contribution is 0.169. The van der Waals surface area contributed by atoms with Gasteiger partial charge in [-0.25, -0.2) is 13.2 Å². The molecule has 26 heavy (non-hydrogen) atoms. The summed E-state index contributed by atoms with van der Waals surface area (Å²) in [6.07, 6.45) is 0.493. The summed E-state index contributed by atoms with van der Waals surface area (Å²) < 4.78 is 37.4. The molecule has 1 fully saturated rings. The molecule has 2 aromatic carbocycles. The molecule has 0 N–H and O–H groups in total. The number of hydrogen-bond acceptors (Lipinski definition) is 5. The van der Waals surface area contributed by atoms with Crippen LogP contribution in [0.25, 0.3) is 0 Å². The van der Waals surface area contributed by atoms with Gasteiger partial charge in [0, 0.05) is 0 Å². The highest BCUT2D eigenvalue weighted by Gasteiger charge is 2.53. The maximum absolute atomic E-state index is 13.2. The standard InChI is InChI=1S/C19H19NO5S/c1-4-19(15-7-9-16(24-3)10-8-15)13-25-18(21)20(19)26(22,23)17-11-5-14(2)6-12-17/h4-12H,1,13H2,2-3H3. The molecule has 0 aliphatic carbocycles. The molecule has 1 heterocycles. The van der Waals surface area contributed by atoms with Crippen molar-refractivity contribution >= 4 is 16.1 Å². The van der Waals surface area contributed by atoms with Crippen molar-refractivity contribution in [3.63, 3.8) is 0 Å². The number of amides is 1. The van der Waals surface area contributed by atoms with Gasteiger partial charge in [0.25, 0.3) is 10.0 Å². The monoisotopic (exact) mass is 373 g/mol. The zero-order chi connectivity index (χ0) is 18.9. The lowest BCUT2D eigenvalue weighted by atomic mass is 9.91. The maximum atomic E-state index is 13.2. The molecule has 2 aromatic rings. The van der Waals surface area contributed by atoms with Crippen LogP contribution in [0.1, 0.15) is 11.1 Å². The molecule has 1 unspecified atom stereocenters. The molecule has 0 radical (unpaired) electrons. The highest BCUT2D eigenvalue weighted by atomic mass is 32.2. The number of sulfonamides is 1. The van der Waals surface area contributed by atoms with Crippen molar-refractivity contribution in [2.45, 2.75) is 17.4 Å². The molecule has 3 rings (SSSR count). The number of hydrogen-bond donors (Lipinski definition) is 0. The third-order valence-electron chi connectivity index (χ3n) is 4.43. The first-order valence-corrected chi connectivity index (χ1v) is 9.36. The average Bonchev–Trinajstić information content (AvgIpc) is 3.00. The van der Waals surface area contributed by atoms with Gasteiger partial charge in [0.15, 0.2) is 0 Å². The van der Waals surface area contributed by atoms with Crippen LogP contribution in [0.3, 0.4) is 0 Å². The van der Waals surface area contributed by atoms with E-state index in [1.54, 1.807) is 36.4 Å². The van der Waals surface area contributed by atoms with Crippen LogP contribution >= 0.6 is 0 Å². The Balaban J connectivity index is 2.14. The van der Waals surface area contributed by atoms with Crippen molar-refractivity contribution in [2.75, 3.05) is 13.7 Å². The molecular weight excluding hydrogens is 354 g/mol. The van der Waals surface area contributed by atoms with Crippen molar-refractivity contribution in [1.29, 1.82) is 0 Å². The maximum Gasteiger partial charge on any atom is 0.425 e. The number of nitrogens with zero attached hydrogens (tertiary/aromatic N) is 1. The molecule has 0 spiro atoms. The van der Waals surface area contributed by atoms with Gasteiger partial charge in [0.05, 0.1) is 12.0 Å². The van der Waals surface area contributed by atoms with Gasteiger partial charge in [-0.2, -0.15) is 4.31 Å². The van der Waals surface area contributed by atoms with Crippen LogP contribution in [0.15, 0.2) is 66.1 Å². The smallest absolute Gasteiger partial charge is 0.425 e. The summed E-state index contributed by atoms with van der Waals surface area (Å²) in [5, 5.41) is 0. The van der Waals surface area contributed by atoms with Crippen LogP contribution in [-0.2, 0) is 20.3 Å². The van der Waals surface area contributed by atoms with Gasteiger partial charge in [-0.05, 0) is 36.8 Å².